The number of aryl methyl sites for hydroxylation is 1. The summed E-state index contributed by atoms with van der Waals surface area (Å²) in [6, 6.07) is 12.4. The maximum absolute atomic E-state index is 12.6. The zero-order valence-electron chi connectivity index (χ0n) is 16.4. The van der Waals surface area contributed by atoms with Crippen LogP contribution in [0.5, 0.6) is 0 Å². The van der Waals surface area contributed by atoms with Crippen molar-refractivity contribution in [1.82, 2.24) is 0 Å². The zero-order valence-corrected chi connectivity index (χ0v) is 17.2. The molecule has 0 fully saturated rings. The number of nitrogens with one attached hydrogen (secondary N) is 1. The van der Waals surface area contributed by atoms with Gasteiger partial charge in [0.15, 0.2) is 10.5 Å². The first kappa shape index (κ1) is 20.0. The van der Waals surface area contributed by atoms with Crippen molar-refractivity contribution in [1.29, 1.82) is 0 Å². The van der Waals surface area contributed by atoms with Gasteiger partial charge in [0.2, 0.25) is 0 Å². The molecule has 1 N–H and O–H groups in total. The van der Waals surface area contributed by atoms with Crippen molar-refractivity contribution < 1.29 is 13.9 Å². The molecule has 1 heterocycles. The van der Waals surface area contributed by atoms with Crippen LogP contribution in [0.2, 0.25) is 0 Å². The molecule has 0 aliphatic heterocycles. The first-order chi connectivity index (χ1) is 13.4. The molecule has 0 aliphatic carbocycles. The molecule has 1 unspecified atom stereocenters. The predicted octanol–water partition coefficient (Wildman–Crippen LogP) is 5.17. The van der Waals surface area contributed by atoms with Gasteiger partial charge >= 0.3 is 5.97 Å². The molecule has 6 heteroatoms. The number of rotatable bonds is 6. The molecule has 0 bridgehead atoms. The monoisotopic (exact) mass is 397 g/mol. The second-order valence-electron chi connectivity index (χ2n) is 6.50. The van der Waals surface area contributed by atoms with Gasteiger partial charge in [-0.3, -0.25) is 4.79 Å². The maximum Gasteiger partial charge on any atom is 0.339 e. The first-order valence-electron chi connectivity index (χ1n) is 9.09. The van der Waals surface area contributed by atoms with E-state index in [4.69, 9.17) is 9.15 Å². The number of hydrogen-bond donors (Lipinski definition) is 1. The Morgan fingerprint density at radius 3 is 2.71 bits per heavy atom. The highest BCUT2D eigenvalue weighted by molar-refractivity contribution is 7.99. The summed E-state index contributed by atoms with van der Waals surface area (Å²) in [4.78, 5) is 24.6. The molecule has 3 rings (SSSR count). The third kappa shape index (κ3) is 4.07. The highest BCUT2D eigenvalue weighted by atomic mass is 32.2. The standard InChI is InChI=1S/C22H23NO4S/c1-5-28-20-12-19(24)17-11-13(2)10-16(21(17)27-20)14(3)23-18-9-7-6-8-15(18)22(25)26-4/h6-12,14,23H,5H2,1-4H3. The Hall–Kier alpha value is -2.73. The molecule has 0 aliphatic rings. The van der Waals surface area contributed by atoms with Crippen molar-refractivity contribution in [2.75, 3.05) is 18.2 Å². The zero-order chi connectivity index (χ0) is 20.3. The smallest absolute Gasteiger partial charge is 0.339 e. The second-order valence-corrected chi connectivity index (χ2v) is 7.77. The number of methoxy groups -OCH3 is 1. The number of para-hydroxylation sites is 1. The van der Waals surface area contributed by atoms with Crippen LogP contribution in [0.3, 0.4) is 0 Å². The lowest BCUT2D eigenvalue weighted by Gasteiger charge is -2.19. The SMILES string of the molecule is CCSc1cc(=O)c2cc(C)cc(C(C)Nc3ccccc3C(=O)OC)c2o1. The van der Waals surface area contributed by atoms with E-state index in [0.717, 1.165) is 16.9 Å². The van der Waals surface area contributed by atoms with E-state index in [1.807, 2.05) is 45.0 Å². The lowest BCUT2D eigenvalue weighted by molar-refractivity contribution is 0.0602. The predicted molar refractivity (Wildman–Crippen MR) is 113 cm³/mol. The van der Waals surface area contributed by atoms with E-state index in [1.165, 1.54) is 18.9 Å². The van der Waals surface area contributed by atoms with Crippen molar-refractivity contribution >= 4 is 34.4 Å². The molecule has 28 heavy (non-hydrogen) atoms. The third-order valence-electron chi connectivity index (χ3n) is 4.44. The molecule has 146 valence electrons. The average molecular weight is 397 g/mol. The van der Waals surface area contributed by atoms with Crippen LogP contribution >= 0.6 is 11.8 Å². The summed E-state index contributed by atoms with van der Waals surface area (Å²) < 4.78 is 10.9. The maximum atomic E-state index is 12.6. The van der Waals surface area contributed by atoms with Gasteiger partial charge < -0.3 is 14.5 Å². The Labute approximate surface area is 168 Å². The Kier molecular flexibility index (Phi) is 6.09. The number of benzene rings is 2. The van der Waals surface area contributed by atoms with E-state index >= 15 is 0 Å². The molecular formula is C22H23NO4S. The topological polar surface area (TPSA) is 68.5 Å². The van der Waals surface area contributed by atoms with Gasteiger partial charge in [-0.2, -0.15) is 0 Å². The van der Waals surface area contributed by atoms with E-state index in [9.17, 15) is 9.59 Å². The van der Waals surface area contributed by atoms with E-state index in [1.54, 1.807) is 18.2 Å². The Bertz CT molecular complexity index is 1070. The van der Waals surface area contributed by atoms with E-state index in [0.29, 0.717) is 27.3 Å². The first-order valence-corrected chi connectivity index (χ1v) is 10.1. The largest absolute Gasteiger partial charge is 0.465 e. The van der Waals surface area contributed by atoms with Crippen LogP contribution in [0, 0.1) is 6.92 Å². The summed E-state index contributed by atoms with van der Waals surface area (Å²) in [6.45, 7) is 5.94. The number of hydrogen-bond acceptors (Lipinski definition) is 6. The van der Waals surface area contributed by atoms with Crippen LogP contribution in [-0.2, 0) is 4.74 Å². The number of carbonyl (C=O) groups is 1. The minimum absolute atomic E-state index is 0.0516. The molecule has 2 aromatic carbocycles. The van der Waals surface area contributed by atoms with Crippen LogP contribution in [0.4, 0.5) is 5.69 Å². The second kappa shape index (κ2) is 8.52. The molecular weight excluding hydrogens is 374 g/mol. The summed E-state index contributed by atoms with van der Waals surface area (Å²) in [6.07, 6.45) is 0. The van der Waals surface area contributed by atoms with Crippen LogP contribution < -0.4 is 10.7 Å². The van der Waals surface area contributed by atoms with Gasteiger partial charge in [0.1, 0.15) is 5.58 Å². The quantitative estimate of drug-likeness (QED) is 0.457. The lowest BCUT2D eigenvalue weighted by atomic mass is 10.0. The fraction of sp³-hybridized carbons (Fsp3) is 0.273. The van der Waals surface area contributed by atoms with Gasteiger partial charge in [0, 0.05) is 17.3 Å². The van der Waals surface area contributed by atoms with Gasteiger partial charge in [-0.1, -0.05) is 36.9 Å². The summed E-state index contributed by atoms with van der Waals surface area (Å²) >= 11 is 1.49. The Morgan fingerprint density at radius 1 is 1.25 bits per heavy atom. The van der Waals surface area contributed by atoms with Crippen LogP contribution in [0.25, 0.3) is 11.0 Å². The number of anilines is 1. The van der Waals surface area contributed by atoms with Crippen LogP contribution in [0.1, 0.15) is 41.4 Å². The van der Waals surface area contributed by atoms with Crippen molar-refractivity contribution in [3.63, 3.8) is 0 Å². The molecule has 0 spiro atoms. The van der Waals surface area contributed by atoms with Gasteiger partial charge in [-0.25, -0.2) is 4.79 Å². The number of esters is 1. The molecule has 1 atom stereocenters. The van der Waals surface area contributed by atoms with Crippen molar-refractivity contribution in [2.24, 2.45) is 0 Å². The van der Waals surface area contributed by atoms with E-state index in [-0.39, 0.29) is 11.5 Å². The summed E-state index contributed by atoms with van der Waals surface area (Å²) in [5, 5.41) is 4.53. The Balaban J connectivity index is 2.08. The highest BCUT2D eigenvalue weighted by Crippen LogP contribution is 2.31. The normalized spacial score (nSPS) is 12.0. The number of ether oxygens (including phenoxy) is 1. The van der Waals surface area contributed by atoms with Gasteiger partial charge in [0.25, 0.3) is 0 Å². The molecule has 0 saturated carbocycles. The van der Waals surface area contributed by atoms with Gasteiger partial charge in [-0.05, 0) is 43.4 Å². The van der Waals surface area contributed by atoms with Crippen LogP contribution in [-0.4, -0.2) is 18.8 Å². The summed E-state index contributed by atoms with van der Waals surface area (Å²) in [5.74, 6) is 0.410. The van der Waals surface area contributed by atoms with Gasteiger partial charge in [-0.15, -0.1) is 0 Å². The van der Waals surface area contributed by atoms with Crippen molar-refractivity contribution in [3.05, 3.63) is 69.4 Å². The number of fused-ring (bicyclic) bond motifs is 1. The highest BCUT2D eigenvalue weighted by Gasteiger charge is 2.18. The van der Waals surface area contributed by atoms with Crippen LogP contribution in [0.15, 0.2) is 56.8 Å². The fourth-order valence-corrected chi connectivity index (χ4v) is 3.77. The van der Waals surface area contributed by atoms with Crippen molar-refractivity contribution in [3.8, 4) is 0 Å². The fourth-order valence-electron chi connectivity index (χ4n) is 3.16. The molecule has 3 aromatic rings. The average Bonchev–Trinajstić information content (AvgIpc) is 2.68. The molecule has 0 amide bonds. The third-order valence-corrected chi connectivity index (χ3v) is 5.21. The number of thioether (sulfide) groups is 1. The van der Waals surface area contributed by atoms with E-state index in [2.05, 4.69) is 5.32 Å². The minimum Gasteiger partial charge on any atom is -0.465 e. The summed E-state index contributed by atoms with van der Waals surface area (Å²) in [5.41, 5.74) is 3.48. The van der Waals surface area contributed by atoms with Gasteiger partial charge in [0.05, 0.1) is 24.1 Å². The number of carbonyl (C=O) groups excluding carboxylic acids is 1. The molecule has 0 radical (unpaired) electrons. The Morgan fingerprint density at radius 2 is 2.00 bits per heavy atom. The minimum atomic E-state index is -0.405. The van der Waals surface area contributed by atoms with E-state index < -0.39 is 5.97 Å². The molecule has 0 saturated heterocycles. The lowest BCUT2D eigenvalue weighted by Crippen LogP contribution is -2.13. The molecule has 5 nitrogen and oxygen atoms in total. The summed E-state index contributed by atoms with van der Waals surface area (Å²) in [7, 11) is 1.36. The molecule has 1 aromatic heterocycles. The van der Waals surface area contributed by atoms with Crippen molar-refractivity contribution in [2.45, 2.75) is 31.9 Å².